The second kappa shape index (κ2) is 5.36. The number of hydrogen-bond acceptors (Lipinski definition) is 1. The second-order valence-corrected chi connectivity index (χ2v) is 19.3. The Labute approximate surface area is 89.1 Å². The highest BCUT2D eigenvalue weighted by molar-refractivity contribution is 14.3. The minimum Gasteiger partial charge on any atom is -0.302 e. The maximum Gasteiger partial charge on any atom is 0.198 e. The predicted octanol–water partition coefficient (Wildman–Crippen LogP) is 4.49. The molecule has 0 unspecified atom stereocenters. The van der Waals surface area contributed by atoms with Gasteiger partial charge in [0, 0.05) is 50.2 Å². The first-order valence-corrected chi connectivity index (χ1v) is 10.9. The number of hydrogen-bond donors (Lipinski definition) is 0. The fourth-order valence-corrected chi connectivity index (χ4v) is 3.28. The van der Waals surface area contributed by atoms with Gasteiger partial charge in [0.1, 0.15) is 0 Å². The molecule has 62 valence electrons. The lowest BCUT2D eigenvalue weighted by Crippen LogP contribution is -1.88. The predicted molar refractivity (Wildman–Crippen MR) is 64.6 cm³/mol. The van der Waals surface area contributed by atoms with Crippen LogP contribution in [-0.2, 0) is 4.57 Å². The van der Waals surface area contributed by atoms with Crippen molar-refractivity contribution in [1.82, 2.24) is 0 Å². The van der Waals surface area contributed by atoms with E-state index in [4.69, 9.17) is 0 Å². The summed E-state index contributed by atoms with van der Waals surface area (Å²) in [7, 11) is 0. The van der Waals surface area contributed by atoms with Gasteiger partial charge in [-0.3, -0.25) is 0 Å². The Morgan fingerprint density at radius 2 is 1.90 bits per heavy atom. The van der Waals surface area contributed by atoms with Crippen molar-refractivity contribution < 1.29 is 4.57 Å². The van der Waals surface area contributed by atoms with Gasteiger partial charge in [0.25, 0.3) is 0 Å². The molecule has 10 heavy (non-hydrogen) atoms. The molecule has 0 saturated heterocycles. The fraction of sp³-hybridized carbons (Fsp3) is 1.00. The molecule has 0 heterocycles. The minimum absolute atomic E-state index is 0.749. The van der Waals surface area contributed by atoms with Crippen LogP contribution in [0.1, 0.15) is 26.7 Å². The van der Waals surface area contributed by atoms with Gasteiger partial charge in [-0.2, -0.15) is 0 Å². The maximum absolute atomic E-state index is 11.2. The zero-order valence-electron chi connectivity index (χ0n) is 6.31. The molecule has 0 bridgehead atoms. The highest BCUT2D eigenvalue weighted by Crippen LogP contribution is 2.63. The normalized spacial score (nSPS) is 12.5. The highest BCUT2D eigenvalue weighted by atomic mass is 127. The van der Waals surface area contributed by atoms with Crippen LogP contribution in [0, 0.1) is 5.92 Å². The van der Waals surface area contributed by atoms with E-state index in [2.05, 4.69) is 57.9 Å². The lowest BCUT2D eigenvalue weighted by molar-refractivity contribution is 0.567. The molecule has 0 amide bonds. The summed E-state index contributed by atoms with van der Waals surface area (Å²) in [4.78, 5) is 0. The smallest absolute Gasteiger partial charge is 0.198 e. The van der Waals surface area contributed by atoms with Gasteiger partial charge in [-0.25, -0.2) is 0 Å². The van der Waals surface area contributed by atoms with Gasteiger partial charge in [0.15, 0.2) is 2.43 Å². The minimum atomic E-state index is -1.78. The van der Waals surface area contributed by atoms with Crippen LogP contribution in [0.15, 0.2) is 0 Å². The molecule has 0 radical (unpaired) electrons. The summed E-state index contributed by atoms with van der Waals surface area (Å²) in [5.41, 5.74) is 0. The number of halogens is 2. The van der Waals surface area contributed by atoms with E-state index in [1.807, 2.05) is 0 Å². The molecule has 0 N–H and O–H groups in total. The Balaban J connectivity index is 3.30. The topological polar surface area (TPSA) is 17.1 Å². The first-order valence-electron chi connectivity index (χ1n) is 3.40. The van der Waals surface area contributed by atoms with Crippen LogP contribution in [0.2, 0.25) is 0 Å². The summed E-state index contributed by atoms with van der Waals surface area (Å²) in [6.07, 6.45) is 3.21. The van der Waals surface area contributed by atoms with E-state index in [0.29, 0.717) is 0 Å². The lowest BCUT2D eigenvalue weighted by Gasteiger charge is -2.04. The molecule has 0 saturated carbocycles. The van der Waals surface area contributed by atoms with Gasteiger partial charge in [-0.05, 0) is 12.3 Å². The van der Waals surface area contributed by atoms with Gasteiger partial charge in [-0.15, -0.1) is 0 Å². The average molecular weight is 386 g/mol. The zero-order chi connectivity index (χ0) is 8.20. The van der Waals surface area contributed by atoms with Crippen LogP contribution in [0.3, 0.4) is 0 Å². The molecule has 4 heteroatoms. The first kappa shape index (κ1) is 11.7. The molecule has 0 fully saturated rings. The van der Waals surface area contributed by atoms with Crippen molar-refractivity contribution in [3.8, 4) is 0 Å². The molecule has 0 atom stereocenters. The quantitative estimate of drug-likeness (QED) is 0.515. The van der Waals surface area contributed by atoms with Crippen molar-refractivity contribution in [3.05, 3.63) is 0 Å². The molecule has 0 aliphatic carbocycles. The van der Waals surface area contributed by atoms with Gasteiger partial charge in [0.05, 0.1) is 0 Å². The fourth-order valence-electron chi connectivity index (χ4n) is 0.684. The van der Waals surface area contributed by atoms with E-state index < -0.39 is 2.43 Å². The van der Waals surface area contributed by atoms with E-state index >= 15 is 0 Å². The third kappa shape index (κ3) is 9.69. The van der Waals surface area contributed by atoms with E-state index in [0.717, 1.165) is 18.5 Å². The largest absolute Gasteiger partial charge is 0.302 e. The van der Waals surface area contributed by atoms with E-state index in [-0.39, 0.29) is 0 Å². The van der Waals surface area contributed by atoms with Crippen molar-refractivity contribution in [1.29, 1.82) is 0 Å². The van der Waals surface area contributed by atoms with E-state index in [1.54, 1.807) is 0 Å². The lowest BCUT2D eigenvalue weighted by atomic mass is 10.1. The molecule has 0 rings (SSSR count). The summed E-state index contributed by atoms with van der Waals surface area (Å²) in [6, 6.07) is 0. The van der Waals surface area contributed by atoms with Crippen LogP contribution in [0.5, 0.6) is 0 Å². The standard InChI is InChI=1S/C6H13I2OP/c1-6(2)4-3-5-10(7,8)9/h6H,3-5H2,1-2H3. The van der Waals surface area contributed by atoms with Gasteiger partial charge in [-0.1, -0.05) is 20.3 Å². The Bertz CT molecular complexity index is 130. The van der Waals surface area contributed by atoms with Crippen molar-refractivity contribution in [2.45, 2.75) is 26.7 Å². The molecular formula is C6H13I2OP. The van der Waals surface area contributed by atoms with E-state index in [1.165, 1.54) is 6.42 Å². The summed E-state index contributed by atoms with van der Waals surface area (Å²) in [6.45, 7) is 4.40. The van der Waals surface area contributed by atoms with Crippen LogP contribution in [0.25, 0.3) is 0 Å². The Morgan fingerprint density at radius 3 is 2.20 bits per heavy atom. The summed E-state index contributed by atoms with van der Waals surface area (Å²) >= 11 is 4.13. The van der Waals surface area contributed by atoms with Crippen molar-refractivity contribution >= 4 is 46.5 Å². The van der Waals surface area contributed by atoms with Gasteiger partial charge < -0.3 is 4.57 Å². The van der Waals surface area contributed by atoms with Crippen LogP contribution in [-0.4, -0.2) is 6.16 Å². The summed E-state index contributed by atoms with van der Waals surface area (Å²) < 4.78 is 9.39. The number of rotatable bonds is 4. The summed E-state index contributed by atoms with van der Waals surface area (Å²) in [5, 5.41) is 0. The van der Waals surface area contributed by atoms with Crippen molar-refractivity contribution in [2.75, 3.05) is 6.16 Å². The van der Waals surface area contributed by atoms with Gasteiger partial charge in [0.2, 0.25) is 0 Å². The maximum atomic E-state index is 11.2. The van der Waals surface area contributed by atoms with Crippen LogP contribution < -0.4 is 0 Å². The molecule has 0 aromatic carbocycles. The average Bonchev–Trinajstić information content (AvgIpc) is 1.59. The zero-order valence-corrected chi connectivity index (χ0v) is 11.5. The molecule has 0 aromatic rings. The molecule has 0 aliphatic heterocycles. The summed E-state index contributed by atoms with van der Waals surface area (Å²) in [5.74, 6) is 0.749. The van der Waals surface area contributed by atoms with E-state index in [9.17, 15) is 4.57 Å². The Morgan fingerprint density at radius 1 is 1.40 bits per heavy atom. The second-order valence-electron chi connectivity index (χ2n) is 2.83. The van der Waals surface area contributed by atoms with Crippen molar-refractivity contribution in [3.63, 3.8) is 0 Å². The van der Waals surface area contributed by atoms with Crippen LogP contribution in [0.4, 0.5) is 0 Å². The molecule has 1 nitrogen and oxygen atoms in total. The molecule has 0 spiro atoms. The third-order valence-electron chi connectivity index (χ3n) is 1.20. The van der Waals surface area contributed by atoms with Crippen molar-refractivity contribution in [2.24, 2.45) is 5.92 Å². The molecular weight excluding hydrogens is 373 g/mol. The third-order valence-corrected chi connectivity index (χ3v) is 4.93. The molecule has 0 aromatic heterocycles. The first-order chi connectivity index (χ1) is 4.42. The Hall–Kier alpha value is 1.69. The highest BCUT2D eigenvalue weighted by Gasteiger charge is 2.10. The monoisotopic (exact) mass is 386 g/mol. The van der Waals surface area contributed by atoms with Gasteiger partial charge >= 0.3 is 0 Å². The van der Waals surface area contributed by atoms with Crippen LogP contribution >= 0.6 is 46.5 Å². The SMILES string of the molecule is CC(C)CCCP(=O)(I)I. The molecule has 0 aliphatic rings. The Kier molecular flexibility index (Phi) is 6.26.